The Balaban J connectivity index is 3.80. The molecule has 0 rings (SSSR count). The molecule has 0 radical (unpaired) electrons. The molecule has 0 unspecified atom stereocenters. The van der Waals surface area contributed by atoms with Crippen LogP contribution in [0.3, 0.4) is 0 Å². The van der Waals surface area contributed by atoms with Crippen LogP contribution in [0, 0.1) is 0 Å². The number of carbonyl (C=O) groups is 1. The van der Waals surface area contributed by atoms with Gasteiger partial charge in [-0.15, -0.1) is 0 Å². The molecule has 3 N–H and O–H groups in total. The highest BCUT2D eigenvalue weighted by Crippen LogP contribution is 2.01. The highest BCUT2D eigenvalue weighted by atomic mass is 16.4. The fourth-order valence-corrected chi connectivity index (χ4v) is 0.914. The first-order valence-electron chi connectivity index (χ1n) is 3.69. The van der Waals surface area contributed by atoms with Crippen molar-refractivity contribution in [2.24, 2.45) is 5.73 Å². The molecule has 4 nitrogen and oxygen atoms in total. The van der Waals surface area contributed by atoms with Gasteiger partial charge in [-0.25, -0.2) is 0 Å². The van der Waals surface area contributed by atoms with Crippen LogP contribution in [0.4, 0.5) is 0 Å². The number of carboxylic acid groups (broad SMARTS) is 1. The molecular formula is C7H16N2O2. The second-order valence-corrected chi connectivity index (χ2v) is 2.75. The van der Waals surface area contributed by atoms with E-state index in [1.807, 2.05) is 0 Å². The van der Waals surface area contributed by atoms with Crippen LogP contribution in [0.2, 0.25) is 0 Å². The third-order valence-corrected chi connectivity index (χ3v) is 1.59. The molecule has 0 aliphatic rings. The predicted octanol–water partition coefficient (Wildman–Crippen LogP) is -0.260. The van der Waals surface area contributed by atoms with Gasteiger partial charge in [-0.1, -0.05) is 0 Å². The molecule has 0 aromatic carbocycles. The number of nitrogens with zero attached hydrogens (tertiary/aromatic N) is 1. The largest absolute Gasteiger partial charge is 0.480 e. The smallest absolute Gasteiger partial charge is 0.320 e. The Kier molecular flexibility index (Phi) is 4.81. The molecular weight excluding hydrogens is 144 g/mol. The van der Waals surface area contributed by atoms with Crippen LogP contribution in [-0.2, 0) is 4.79 Å². The van der Waals surface area contributed by atoms with Gasteiger partial charge in [0, 0.05) is 0 Å². The number of aliphatic carboxylic acids is 1. The summed E-state index contributed by atoms with van der Waals surface area (Å²) in [6, 6.07) is -0.390. The van der Waals surface area contributed by atoms with E-state index < -0.39 is 12.0 Å². The Labute approximate surface area is 67.0 Å². The van der Waals surface area contributed by atoms with E-state index in [2.05, 4.69) is 0 Å². The highest BCUT2D eigenvalue weighted by Gasteiger charge is 2.18. The second-order valence-electron chi connectivity index (χ2n) is 2.75. The molecule has 0 saturated heterocycles. The zero-order valence-electron chi connectivity index (χ0n) is 7.08. The lowest BCUT2D eigenvalue weighted by Gasteiger charge is -2.19. The van der Waals surface area contributed by atoms with Gasteiger partial charge >= 0.3 is 5.97 Å². The van der Waals surface area contributed by atoms with Crippen LogP contribution >= 0.6 is 0 Å². The van der Waals surface area contributed by atoms with E-state index in [1.54, 1.807) is 19.0 Å². The van der Waals surface area contributed by atoms with E-state index in [0.717, 1.165) is 6.42 Å². The molecule has 1 atom stereocenters. The Hall–Kier alpha value is -0.610. The number of hydrogen-bond acceptors (Lipinski definition) is 3. The average Bonchev–Trinajstić information content (AvgIpc) is 1.87. The highest BCUT2D eigenvalue weighted by molar-refractivity contribution is 5.73. The van der Waals surface area contributed by atoms with Crippen molar-refractivity contribution in [1.29, 1.82) is 0 Å². The minimum atomic E-state index is -0.775. The molecule has 0 aliphatic carbocycles. The molecule has 0 aliphatic heterocycles. The summed E-state index contributed by atoms with van der Waals surface area (Å²) in [5, 5.41) is 8.69. The maximum atomic E-state index is 10.6. The van der Waals surface area contributed by atoms with Crippen LogP contribution in [0.5, 0.6) is 0 Å². The topological polar surface area (TPSA) is 66.6 Å². The van der Waals surface area contributed by atoms with Gasteiger partial charge in [0.1, 0.15) is 6.04 Å². The quantitative estimate of drug-likeness (QED) is 0.581. The fourth-order valence-electron chi connectivity index (χ4n) is 0.914. The SMILES string of the molecule is CN(C)[C@@H](CCCN)C(=O)O. The number of nitrogens with two attached hydrogens (primary N) is 1. The van der Waals surface area contributed by atoms with Gasteiger partial charge in [0.2, 0.25) is 0 Å². The lowest BCUT2D eigenvalue weighted by molar-refractivity contribution is -0.142. The Bertz CT molecular complexity index is 126. The maximum absolute atomic E-state index is 10.6. The van der Waals surface area contributed by atoms with Crippen molar-refractivity contribution in [3.8, 4) is 0 Å². The van der Waals surface area contributed by atoms with Crippen molar-refractivity contribution < 1.29 is 9.90 Å². The number of likely N-dealkylation sites (N-methyl/N-ethyl adjacent to an activating group) is 1. The van der Waals surface area contributed by atoms with Crippen LogP contribution in [0.1, 0.15) is 12.8 Å². The standard InChI is InChI=1S/C7H16N2O2/c1-9(2)6(7(10)11)4-3-5-8/h6H,3-5,8H2,1-2H3,(H,10,11)/t6-/m0/s1. The summed E-state index contributed by atoms with van der Waals surface area (Å²) in [6.07, 6.45) is 1.38. The normalized spacial score (nSPS) is 13.5. The zero-order chi connectivity index (χ0) is 8.85. The van der Waals surface area contributed by atoms with Gasteiger partial charge in [-0.3, -0.25) is 9.69 Å². The third-order valence-electron chi connectivity index (χ3n) is 1.59. The average molecular weight is 160 g/mol. The Morgan fingerprint density at radius 2 is 2.18 bits per heavy atom. The monoisotopic (exact) mass is 160 g/mol. The van der Waals surface area contributed by atoms with Crippen LogP contribution in [0.25, 0.3) is 0 Å². The van der Waals surface area contributed by atoms with Crippen LogP contribution in [0.15, 0.2) is 0 Å². The number of hydrogen-bond donors (Lipinski definition) is 2. The lowest BCUT2D eigenvalue weighted by atomic mass is 10.1. The van der Waals surface area contributed by atoms with Gasteiger partial charge in [-0.2, -0.15) is 0 Å². The number of rotatable bonds is 5. The molecule has 4 heteroatoms. The first kappa shape index (κ1) is 10.4. The lowest BCUT2D eigenvalue weighted by Crippen LogP contribution is -2.35. The van der Waals surface area contributed by atoms with Gasteiger partial charge < -0.3 is 10.8 Å². The van der Waals surface area contributed by atoms with Crippen LogP contribution in [-0.4, -0.2) is 42.7 Å². The summed E-state index contributed by atoms with van der Waals surface area (Å²) in [5.41, 5.74) is 5.27. The summed E-state index contributed by atoms with van der Waals surface area (Å²) >= 11 is 0. The van der Waals surface area contributed by atoms with E-state index in [-0.39, 0.29) is 0 Å². The molecule has 0 spiro atoms. The van der Waals surface area contributed by atoms with Crippen molar-refractivity contribution in [2.45, 2.75) is 18.9 Å². The van der Waals surface area contributed by atoms with E-state index in [0.29, 0.717) is 13.0 Å². The maximum Gasteiger partial charge on any atom is 0.320 e. The van der Waals surface area contributed by atoms with Crippen LogP contribution < -0.4 is 5.73 Å². The summed E-state index contributed by atoms with van der Waals surface area (Å²) in [5.74, 6) is -0.775. The molecule has 0 fully saturated rings. The first-order chi connectivity index (χ1) is 5.09. The van der Waals surface area contributed by atoms with E-state index in [4.69, 9.17) is 10.8 Å². The summed E-state index contributed by atoms with van der Waals surface area (Å²) in [6.45, 7) is 0.553. The van der Waals surface area contributed by atoms with Gasteiger partial charge in [0.15, 0.2) is 0 Å². The molecule has 0 aromatic heterocycles. The minimum Gasteiger partial charge on any atom is -0.480 e. The first-order valence-corrected chi connectivity index (χ1v) is 3.69. The Morgan fingerprint density at radius 3 is 2.45 bits per heavy atom. The van der Waals surface area contributed by atoms with Crippen molar-refractivity contribution >= 4 is 5.97 Å². The molecule has 0 saturated carbocycles. The van der Waals surface area contributed by atoms with E-state index in [9.17, 15) is 4.79 Å². The summed E-state index contributed by atoms with van der Waals surface area (Å²) in [4.78, 5) is 12.3. The molecule has 11 heavy (non-hydrogen) atoms. The van der Waals surface area contributed by atoms with E-state index >= 15 is 0 Å². The third kappa shape index (κ3) is 3.95. The summed E-state index contributed by atoms with van der Waals surface area (Å²) in [7, 11) is 3.52. The van der Waals surface area contributed by atoms with Gasteiger partial charge in [-0.05, 0) is 33.5 Å². The minimum absolute atomic E-state index is 0.390. The second kappa shape index (κ2) is 5.09. The zero-order valence-corrected chi connectivity index (χ0v) is 7.08. The molecule has 66 valence electrons. The van der Waals surface area contributed by atoms with Crippen molar-refractivity contribution in [1.82, 2.24) is 4.90 Å². The molecule has 0 aromatic rings. The van der Waals surface area contributed by atoms with Crippen molar-refractivity contribution in [2.75, 3.05) is 20.6 Å². The summed E-state index contributed by atoms with van der Waals surface area (Å²) < 4.78 is 0. The van der Waals surface area contributed by atoms with Crippen molar-refractivity contribution in [3.05, 3.63) is 0 Å². The molecule has 0 bridgehead atoms. The number of carboxylic acids is 1. The van der Waals surface area contributed by atoms with Crippen molar-refractivity contribution in [3.63, 3.8) is 0 Å². The van der Waals surface area contributed by atoms with E-state index in [1.165, 1.54) is 0 Å². The fraction of sp³-hybridized carbons (Fsp3) is 0.857. The predicted molar refractivity (Wildman–Crippen MR) is 43.4 cm³/mol. The molecule has 0 heterocycles. The Morgan fingerprint density at radius 1 is 1.64 bits per heavy atom. The van der Waals surface area contributed by atoms with Gasteiger partial charge in [0.25, 0.3) is 0 Å². The molecule has 0 amide bonds. The van der Waals surface area contributed by atoms with Gasteiger partial charge in [0.05, 0.1) is 0 Å².